The van der Waals surface area contributed by atoms with E-state index in [0.717, 1.165) is 47.9 Å². The molecule has 0 unspecified atom stereocenters. The van der Waals surface area contributed by atoms with Crippen LogP contribution in [0.4, 0.5) is 5.69 Å². The fraction of sp³-hybridized carbons (Fsp3) is 0.353. The van der Waals surface area contributed by atoms with Crippen LogP contribution in [0.2, 0.25) is 0 Å². The third-order valence-electron chi connectivity index (χ3n) is 8.40. The van der Waals surface area contributed by atoms with Crippen molar-refractivity contribution >= 4 is 35.3 Å². The van der Waals surface area contributed by atoms with Crippen molar-refractivity contribution in [3.63, 3.8) is 0 Å². The maximum Gasteiger partial charge on any atom is 0.265 e. The summed E-state index contributed by atoms with van der Waals surface area (Å²) in [6, 6.07) is 24.8. The van der Waals surface area contributed by atoms with Gasteiger partial charge in [-0.2, -0.15) is 0 Å². The highest BCUT2D eigenvalue weighted by molar-refractivity contribution is 8.04. The molecule has 3 aromatic carbocycles. The molecule has 40 heavy (non-hydrogen) atoms. The predicted octanol–water partition coefficient (Wildman–Crippen LogP) is 6.77. The second-order valence-electron chi connectivity index (χ2n) is 11.2. The summed E-state index contributed by atoms with van der Waals surface area (Å²) < 4.78 is 0. The molecule has 6 rings (SSSR count). The largest absolute Gasteiger partial charge is 0.336 e. The van der Waals surface area contributed by atoms with E-state index < -0.39 is 0 Å². The second-order valence-corrected chi connectivity index (χ2v) is 12.3. The maximum atomic E-state index is 13.7. The Morgan fingerprint density at radius 2 is 1.65 bits per heavy atom. The van der Waals surface area contributed by atoms with Gasteiger partial charge in [-0.25, -0.2) is 0 Å². The fourth-order valence-electron chi connectivity index (χ4n) is 6.20. The van der Waals surface area contributed by atoms with Crippen LogP contribution >= 0.6 is 11.8 Å². The lowest BCUT2D eigenvalue weighted by molar-refractivity contribution is -0.114. The van der Waals surface area contributed by atoms with Gasteiger partial charge in [-0.3, -0.25) is 14.5 Å². The van der Waals surface area contributed by atoms with Gasteiger partial charge in [0.25, 0.3) is 11.8 Å². The summed E-state index contributed by atoms with van der Waals surface area (Å²) in [5.41, 5.74) is 4.87. The van der Waals surface area contributed by atoms with Gasteiger partial charge in [0.1, 0.15) is 0 Å². The number of amides is 2. The first-order chi connectivity index (χ1) is 19.5. The van der Waals surface area contributed by atoms with E-state index >= 15 is 0 Å². The van der Waals surface area contributed by atoms with Gasteiger partial charge in [-0.15, -0.1) is 0 Å². The Bertz CT molecular complexity index is 1400. The van der Waals surface area contributed by atoms with E-state index in [2.05, 4.69) is 36.1 Å². The second kappa shape index (κ2) is 12.0. The van der Waals surface area contributed by atoms with E-state index in [1.54, 1.807) is 0 Å². The highest BCUT2D eigenvalue weighted by Gasteiger charge is 2.30. The molecule has 0 aromatic heterocycles. The number of aryl methyl sites for hydroxylation is 1. The third kappa shape index (κ3) is 5.89. The van der Waals surface area contributed by atoms with Crippen LogP contribution in [0.15, 0.2) is 82.6 Å². The molecular formula is C34H37N3O2S. The number of carbonyl (C=O) groups is 2. The van der Waals surface area contributed by atoms with Crippen LogP contribution in [0.1, 0.15) is 59.2 Å². The Hall–Kier alpha value is -3.35. The van der Waals surface area contributed by atoms with Gasteiger partial charge >= 0.3 is 0 Å². The molecule has 0 atom stereocenters. The van der Waals surface area contributed by atoms with Gasteiger partial charge < -0.3 is 9.80 Å². The first-order valence-corrected chi connectivity index (χ1v) is 15.4. The van der Waals surface area contributed by atoms with Crippen LogP contribution in [0, 0.1) is 6.92 Å². The third-order valence-corrected chi connectivity index (χ3v) is 9.48. The lowest BCUT2D eigenvalue weighted by Gasteiger charge is -2.40. The number of rotatable bonds is 5. The Labute approximate surface area is 241 Å². The van der Waals surface area contributed by atoms with Gasteiger partial charge in [-0.05, 0) is 61.2 Å². The van der Waals surface area contributed by atoms with Crippen molar-refractivity contribution in [1.82, 2.24) is 9.80 Å². The van der Waals surface area contributed by atoms with E-state index in [0.29, 0.717) is 23.1 Å². The van der Waals surface area contributed by atoms with Crippen LogP contribution in [-0.2, 0) is 11.3 Å². The molecule has 2 amide bonds. The van der Waals surface area contributed by atoms with Crippen LogP contribution in [0.5, 0.6) is 0 Å². The zero-order chi connectivity index (χ0) is 27.5. The van der Waals surface area contributed by atoms with Crippen molar-refractivity contribution in [2.24, 2.45) is 0 Å². The molecule has 0 N–H and O–H groups in total. The average Bonchev–Trinajstić information content (AvgIpc) is 3.00. The molecule has 1 saturated carbocycles. The summed E-state index contributed by atoms with van der Waals surface area (Å²) in [6.07, 6.45) is 8.61. The minimum Gasteiger partial charge on any atom is -0.336 e. The first kappa shape index (κ1) is 26.9. The maximum absolute atomic E-state index is 13.7. The minimum atomic E-state index is 0.00111. The number of benzene rings is 3. The van der Waals surface area contributed by atoms with E-state index in [4.69, 9.17) is 0 Å². The molecule has 0 spiro atoms. The number of hydrogen-bond donors (Lipinski definition) is 0. The Balaban J connectivity index is 1.15. The molecule has 0 bridgehead atoms. The van der Waals surface area contributed by atoms with Gasteiger partial charge in [0.15, 0.2) is 0 Å². The molecule has 2 fully saturated rings. The van der Waals surface area contributed by atoms with Gasteiger partial charge in [0.2, 0.25) is 0 Å². The number of para-hydroxylation sites is 1. The van der Waals surface area contributed by atoms with Crippen LogP contribution in [0.3, 0.4) is 0 Å². The smallest absolute Gasteiger partial charge is 0.265 e. The summed E-state index contributed by atoms with van der Waals surface area (Å²) in [4.78, 5) is 35.1. The molecule has 206 valence electrons. The average molecular weight is 552 g/mol. The predicted molar refractivity (Wildman–Crippen MR) is 163 cm³/mol. The van der Waals surface area contributed by atoms with Crippen molar-refractivity contribution in [2.75, 3.05) is 31.1 Å². The number of thioether (sulfide) groups is 1. The van der Waals surface area contributed by atoms with Crippen LogP contribution in [-0.4, -0.2) is 53.8 Å². The molecule has 0 radical (unpaired) electrons. The van der Waals surface area contributed by atoms with Crippen molar-refractivity contribution in [3.05, 3.63) is 100.0 Å². The van der Waals surface area contributed by atoms with Crippen LogP contribution < -0.4 is 4.90 Å². The summed E-state index contributed by atoms with van der Waals surface area (Å²) in [6.45, 7) is 6.13. The highest BCUT2D eigenvalue weighted by atomic mass is 32.2. The Kier molecular flexibility index (Phi) is 8.08. The summed E-state index contributed by atoms with van der Waals surface area (Å²) in [5.74, 6) is 0.102. The zero-order valence-corrected chi connectivity index (χ0v) is 24.0. The van der Waals surface area contributed by atoms with Crippen molar-refractivity contribution in [2.45, 2.75) is 56.5 Å². The minimum absolute atomic E-state index is 0.00111. The number of hydrogen-bond acceptors (Lipinski definition) is 4. The van der Waals surface area contributed by atoms with E-state index in [1.807, 2.05) is 64.4 Å². The lowest BCUT2D eigenvalue weighted by atomic mass is 9.94. The Morgan fingerprint density at radius 3 is 2.40 bits per heavy atom. The van der Waals surface area contributed by atoms with Crippen molar-refractivity contribution in [1.29, 1.82) is 0 Å². The summed E-state index contributed by atoms with van der Waals surface area (Å²) in [7, 11) is 0. The number of piperazine rings is 1. The molecule has 2 aliphatic heterocycles. The van der Waals surface area contributed by atoms with Crippen molar-refractivity contribution < 1.29 is 9.59 Å². The highest BCUT2D eigenvalue weighted by Crippen LogP contribution is 2.42. The standard InChI is InChI=1S/C34H37N3O2S/c1-25-8-7-9-27(22-25)24-37-30-12-5-6-13-31(30)40-32(34(37)39)23-26-14-16-28(17-15-26)33(38)36-20-18-35(19-21-36)29-10-3-2-4-11-29/h5-9,12-17,22-23,29H,2-4,10-11,18-21,24H2,1H3. The van der Waals surface area contributed by atoms with Gasteiger partial charge in [0, 0.05) is 42.7 Å². The normalized spacial score (nSPS) is 19.6. The van der Waals surface area contributed by atoms with E-state index in [9.17, 15) is 9.59 Å². The first-order valence-electron chi connectivity index (χ1n) is 14.5. The van der Waals surface area contributed by atoms with Gasteiger partial charge in [-0.1, -0.05) is 85.1 Å². The van der Waals surface area contributed by atoms with Crippen LogP contribution in [0.25, 0.3) is 6.08 Å². The lowest BCUT2D eigenvalue weighted by Crippen LogP contribution is -2.52. The summed E-state index contributed by atoms with van der Waals surface area (Å²) in [5, 5.41) is 0. The number of fused-ring (bicyclic) bond motifs is 1. The Morgan fingerprint density at radius 1 is 0.900 bits per heavy atom. The van der Waals surface area contributed by atoms with E-state index in [-0.39, 0.29) is 11.8 Å². The van der Waals surface area contributed by atoms with Gasteiger partial charge in [0.05, 0.1) is 17.1 Å². The number of anilines is 1. The zero-order valence-electron chi connectivity index (χ0n) is 23.2. The quantitative estimate of drug-likeness (QED) is 0.329. The van der Waals surface area contributed by atoms with E-state index in [1.165, 1.54) is 49.4 Å². The molecule has 1 aliphatic carbocycles. The molecule has 3 aromatic rings. The number of nitrogens with zero attached hydrogens (tertiary/aromatic N) is 3. The van der Waals surface area contributed by atoms with Crippen molar-refractivity contribution in [3.8, 4) is 0 Å². The molecule has 1 saturated heterocycles. The monoisotopic (exact) mass is 551 g/mol. The molecule has 3 aliphatic rings. The molecule has 2 heterocycles. The summed E-state index contributed by atoms with van der Waals surface area (Å²) >= 11 is 1.51. The molecule has 5 nitrogen and oxygen atoms in total. The molecule has 6 heteroatoms. The topological polar surface area (TPSA) is 43.9 Å². The molecular weight excluding hydrogens is 514 g/mol. The number of carbonyl (C=O) groups excluding carboxylic acids is 2. The fourth-order valence-corrected chi connectivity index (χ4v) is 7.26. The SMILES string of the molecule is Cc1cccc(CN2C(=O)C(=Cc3ccc(C(=O)N4CCN(C5CCCCC5)CC4)cc3)Sc3ccccc32)c1.